The molecular weight excluding hydrogens is 366 g/mol. The third-order valence-electron chi connectivity index (χ3n) is 5.60. The molecule has 4 heteroatoms. The van der Waals surface area contributed by atoms with Crippen molar-refractivity contribution in [2.45, 2.75) is 11.8 Å². The van der Waals surface area contributed by atoms with Crippen LogP contribution >= 0.6 is 0 Å². The van der Waals surface area contributed by atoms with Gasteiger partial charge in [0.1, 0.15) is 0 Å². The van der Waals surface area contributed by atoms with E-state index in [2.05, 4.69) is 48.5 Å². The molecule has 0 aromatic heterocycles. The highest BCUT2D eigenvalue weighted by Gasteiger charge is 2.34. The maximum absolute atomic E-state index is 13.4. The van der Waals surface area contributed by atoms with Gasteiger partial charge in [-0.05, 0) is 45.8 Å². The fraction of sp³-hybridized carbons (Fsp3) is 0.0417. The van der Waals surface area contributed by atoms with Crippen LogP contribution < -0.4 is 4.31 Å². The maximum Gasteiger partial charge on any atom is 0.236 e. The normalized spacial score (nSPS) is 15.9. The number of anilines is 1. The lowest BCUT2D eigenvalue weighted by atomic mass is 9.95. The van der Waals surface area contributed by atoms with Gasteiger partial charge in [0.15, 0.2) is 11.0 Å². The minimum absolute atomic E-state index is 0.205. The standard InChI is InChI=1S/C24H15NO2S/c1-14(26)25-23-19-10-15-6-2-4-8-17(15)12-21(19)24(28(25)27)22-13-18-9-5-3-7-16(18)11-20(22)23/h2-13H,1H3. The molecule has 1 unspecified atom stereocenters. The van der Waals surface area contributed by atoms with Gasteiger partial charge in [0, 0.05) is 28.5 Å². The van der Waals surface area contributed by atoms with Crippen molar-refractivity contribution >= 4 is 65.7 Å². The Morgan fingerprint density at radius 3 is 1.50 bits per heavy atom. The fourth-order valence-corrected chi connectivity index (χ4v) is 5.89. The van der Waals surface area contributed by atoms with Crippen molar-refractivity contribution in [1.29, 1.82) is 0 Å². The Labute approximate surface area is 163 Å². The molecule has 7 rings (SSSR count). The zero-order valence-electron chi connectivity index (χ0n) is 15.1. The average Bonchev–Trinajstić information content (AvgIpc) is 2.70. The van der Waals surface area contributed by atoms with E-state index in [0.29, 0.717) is 0 Å². The van der Waals surface area contributed by atoms with Gasteiger partial charge in [-0.25, -0.2) is 8.51 Å². The molecule has 0 N–H and O–H groups in total. The lowest BCUT2D eigenvalue weighted by molar-refractivity contribution is -0.115. The van der Waals surface area contributed by atoms with Crippen LogP contribution in [0.2, 0.25) is 0 Å². The SMILES string of the molecule is CC(=O)N1c2c3cc4ccccc4cc3c(c3cc4ccccc4cc23)S1=O. The molecule has 0 saturated carbocycles. The Balaban J connectivity index is 1.92. The van der Waals surface area contributed by atoms with Crippen molar-refractivity contribution in [2.24, 2.45) is 0 Å². The van der Waals surface area contributed by atoms with E-state index in [1.165, 1.54) is 11.2 Å². The summed E-state index contributed by atoms with van der Waals surface area (Å²) in [6.07, 6.45) is 0. The first-order chi connectivity index (χ1) is 13.6. The molecule has 5 aromatic rings. The van der Waals surface area contributed by atoms with Crippen LogP contribution in [0.5, 0.6) is 0 Å². The second-order valence-corrected chi connectivity index (χ2v) is 8.50. The third-order valence-corrected chi connectivity index (χ3v) is 7.16. The van der Waals surface area contributed by atoms with Crippen molar-refractivity contribution in [3.63, 3.8) is 0 Å². The predicted molar refractivity (Wildman–Crippen MR) is 116 cm³/mol. The Hall–Kier alpha value is -3.24. The van der Waals surface area contributed by atoms with Crippen LogP contribution in [0.1, 0.15) is 6.92 Å². The number of amides is 1. The molecule has 134 valence electrons. The summed E-state index contributed by atoms with van der Waals surface area (Å²) in [6, 6.07) is 24.7. The molecule has 2 aliphatic rings. The van der Waals surface area contributed by atoms with E-state index in [-0.39, 0.29) is 5.91 Å². The van der Waals surface area contributed by atoms with Gasteiger partial charge in [-0.3, -0.25) is 4.79 Å². The van der Waals surface area contributed by atoms with E-state index < -0.39 is 11.0 Å². The first kappa shape index (κ1) is 15.8. The molecule has 1 atom stereocenters. The number of benzene rings is 5. The zero-order valence-corrected chi connectivity index (χ0v) is 15.9. The topological polar surface area (TPSA) is 37.4 Å². The third kappa shape index (κ3) is 1.93. The summed E-state index contributed by atoms with van der Waals surface area (Å²) < 4.78 is 14.8. The van der Waals surface area contributed by atoms with Crippen LogP contribution in [0.3, 0.4) is 0 Å². The number of hydrogen-bond acceptors (Lipinski definition) is 2. The summed E-state index contributed by atoms with van der Waals surface area (Å²) in [4.78, 5) is 13.2. The monoisotopic (exact) mass is 381 g/mol. The number of nitrogens with zero attached hydrogens (tertiary/aromatic N) is 1. The lowest BCUT2D eigenvalue weighted by Crippen LogP contribution is -2.34. The second-order valence-electron chi connectivity index (χ2n) is 7.23. The van der Waals surface area contributed by atoms with Gasteiger partial charge < -0.3 is 0 Å². The minimum Gasteiger partial charge on any atom is -0.274 e. The Bertz CT molecular complexity index is 1420. The van der Waals surface area contributed by atoms with E-state index in [1.807, 2.05) is 24.3 Å². The molecule has 28 heavy (non-hydrogen) atoms. The summed E-state index contributed by atoms with van der Waals surface area (Å²) in [5, 5.41) is 8.32. The molecule has 0 radical (unpaired) electrons. The fourth-order valence-electron chi connectivity index (χ4n) is 4.39. The van der Waals surface area contributed by atoms with Gasteiger partial charge in [-0.15, -0.1) is 0 Å². The largest absolute Gasteiger partial charge is 0.274 e. The quantitative estimate of drug-likeness (QED) is 0.323. The predicted octanol–water partition coefficient (Wildman–Crippen LogP) is 5.69. The molecule has 0 saturated heterocycles. The molecular formula is C24H15NO2S. The number of hydrogen-bond donors (Lipinski definition) is 0. The van der Waals surface area contributed by atoms with Gasteiger partial charge in [0.05, 0.1) is 10.6 Å². The summed E-state index contributed by atoms with van der Waals surface area (Å²) in [5.74, 6) is -0.205. The second kappa shape index (κ2) is 5.40. The summed E-state index contributed by atoms with van der Waals surface area (Å²) in [7, 11) is -1.54. The zero-order chi connectivity index (χ0) is 19.0. The number of rotatable bonds is 0. The van der Waals surface area contributed by atoms with Gasteiger partial charge in [-0.2, -0.15) is 0 Å². The van der Waals surface area contributed by atoms with Crippen molar-refractivity contribution in [2.75, 3.05) is 4.31 Å². The molecule has 2 bridgehead atoms. The summed E-state index contributed by atoms with van der Waals surface area (Å²) in [5.41, 5.74) is 0.752. The van der Waals surface area contributed by atoms with E-state index in [1.54, 1.807) is 0 Å². The van der Waals surface area contributed by atoms with Gasteiger partial charge in [-0.1, -0.05) is 48.5 Å². The van der Waals surface area contributed by atoms with Crippen LogP contribution in [0.15, 0.2) is 77.7 Å². The Morgan fingerprint density at radius 2 is 1.11 bits per heavy atom. The lowest BCUT2D eigenvalue weighted by Gasteiger charge is -2.31. The molecule has 0 fully saturated rings. The van der Waals surface area contributed by atoms with Crippen molar-refractivity contribution in [3.8, 4) is 0 Å². The first-order valence-corrected chi connectivity index (χ1v) is 10.3. The molecule has 3 nitrogen and oxygen atoms in total. The van der Waals surface area contributed by atoms with E-state index in [9.17, 15) is 9.00 Å². The number of carbonyl (C=O) groups excluding carboxylic acids is 1. The minimum atomic E-state index is -1.54. The van der Waals surface area contributed by atoms with Crippen molar-refractivity contribution in [1.82, 2.24) is 0 Å². The van der Waals surface area contributed by atoms with Crippen LogP contribution in [-0.2, 0) is 15.8 Å². The van der Waals surface area contributed by atoms with E-state index in [4.69, 9.17) is 0 Å². The van der Waals surface area contributed by atoms with Gasteiger partial charge in [0.2, 0.25) is 5.91 Å². The highest BCUT2D eigenvalue weighted by molar-refractivity contribution is 7.88. The van der Waals surface area contributed by atoms with Crippen molar-refractivity contribution in [3.05, 3.63) is 72.8 Å². The van der Waals surface area contributed by atoms with E-state index in [0.717, 1.165) is 53.7 Å². The summed E-state index contributed by atoms with van der Waals surface area (Å²) >= 11 is 0. The number of fused-ring (bicyclic) bond motifs is 3. The molecule has 0 aliphatic carbocycles. The van der Waals surface area contributed by atoms with Gasteiger partial charge in [0.25, 0.3) is 0 Å². The average molecular weight is 381 g/mol. The van der Waals surface area contributed by atoms with Crippen LogP contribution in [0, 0.1) is 0 Å². The van der Waals surface area contributed by atoms with Crippen LogP contribution in [0.4, 0.5) is 5.69 Å². The molecule has 1 amide bonds. The molecule has 2 aliphatic heterocycles. The highest BCUT2D eigenvalue weighted by Crippen LogP contribution is 2.48. The first-order valence-electron chi connectivity index (χ1n) is 9.17. The number of carbonyl (C=O) groups is 1. The maximum atomic E-state index is 13.4. The van der Waals surface area contributed by atoms with Crippen LogP contribution in [-0.4, -0.2) is 10.1 Å². The van der Waals surface area contributed by atoms with Gasteiger partial charge >= 0.3 is 0 Å². The highest BCUT2D eigenvalue weighted by atomic mass is 32.2. The Morgan fingerprint density at radius 1 is 0.714 bits per heavy atom. The molecule has 5 aromatic carbocycles. The Kier molecular flexibility index (Phi) is 3.04. The van der Waals surface area contributed by atoms with Crippen molar-refractivity contribution < 1.29 is 9.00 Å². The smallest absolute Gasteiger partial charge is 0.236 e. The van der Waals surface area contributed by atoms with Crippen LogP contribution in [0.25, 0.3) is 43.1 Å². The van der Waals surface area contributed by atoms with E-state index >= 15 is 0 Å². The summed E-state index contributed by atoms with van der Waals surface area (Å²) in [6.45, 7) is 1.48. The molecule has 0 spiro atoms. The molecule has 2 heterocycles.